The largest absolute Gasteiger partial charge is 0.333 e. The van der Waals surface area contributed by atoms with Crippen LogP contribution < -0.4 is 0 Å². The molecule has 0 unspecified atom stereocenters. The van der Waals surface area contributed by atoms with Crippen molar-refractivity contribution in [2.24, 2.45) is 0 Å². The van der Waals surface area contributed by atoms with Gasteiger partial charge in [0.1, 0.15) is 0 Å². The third kappa shape index (κ3) is 4.39. The van der Waals surface area contributed by atoms with Crippen LogP contribution in [0.4, 0.5) is 0 Å². The Kier molecular flexibility index (Phi) is 6.19. The van der Waals surface area contributed by atoms with Gasteiger partial charge in [-0.05, 0) is 40.4 Å². The van der Waals surface area contributed by atoms with Gasteiger partial charge in [0.15, 0.2) is 0 Å². The number of tetrazole rings is 1. The zero-order valence-electron chi connectivity index (χ0n) is 14.4. The van der Waals surface area contributed by atoms with E-state index in [0.29, 0.717) is 18.2 Å². The van der Waals surface area contributed by atoms with E-state index >= 15 is 0 Å². The standard InChI is InChI=1S/C18H19N5OS2/c1-3-10-22(12-15-8-6-11-25-15)17(24)13-26-18-19-20-21-23(18)16-9-5-4-7-14(16)2/h3-9,11H,1,10,12-13H2,2H3. The lowest BCUT2D eigenvalue weighted by Gasteiger charge is -2.20. The average molecular weight is 386 g/mol. The summed E-state index contributed by atoms with van der Waals surface area (Å²) >= 11 is 2.98. The second-order valence-electron chi connectivity index (χ2n) is 5.59. The quantitative estimate of drug-likeness (QED) is 0.440. The van der Waals surface area contributed by atoms with E-state index in [0.717, 1.165) is 16.1 Å². The van der Waals surface area contributed by atoms with Gasteiger partial charge in [0.25, 0.3) is 0 Å². The molecule has 0 saturated heterocycles. The molecule has 8 heteroatoms. The van der Waals surface area contributed by atoms with Gasteiger partial charge in [-0.2, -0.15) is 4.68 Å². The first kappa shape index (κ1) is 18.3. The number of carbonyl (C=O) groups excluding carboxylic acids is 1. The van der Waals surface area contributed by atoms with Crippen LogP contribution in [-0.2, 0) is 11.3 Å². The molecule has 0 radical (unpaired) electrons. The van der Waals surface area contributed by atoms with Crippen LogP contribution in [0.25, 0.3) is 5.69 Å². The molecule has 1 amide bonds. The number of amides is 1. The van der Waals surface area contributed by atoms with Crippen molar-refractivity contribution in [1.82, 2.24) is 25.1 Å². The van der Waals surface area contributed by atoms with Crippen molar-refractivity contribution in [2.45, 2.75) is 18.6 Å². The molecule has 0 bridgehead atoms. The Bertz CT molecular complexity index is 875. The fraction of sp³-hybridized carbons (Fsp3) is 0.222. The molecule has 6 nitrogen and oxygen atoms in total. The van der Waals surface area contributed by atoms with Gasteiger partial charge in [0.05, 0.1) is 18.0 Å². The van der Waals surface area contributed by atoms with E-state index < -0.39 is 0 Å². The van der Waals surface area contributed by atoms with Crippen LogP contribution in [0.3, 0.4) is 0 Å². The van der Waals surface area contributed by atoms with Crippen LogP contribution >= 0.6 is 23.1 Å². The predicted molar refractivity (Wildman–Crippen MR) is 105 cm³/mol. The van der Waals surface area contributed by atoms with Crippen molar-refractivity contribution in [3.63, 3.8) is 0 Å². The van der Waals surface area contributed by atoms with Gasteiger partial charge < -0.3 is 4.90 Å². The van der Waals surface area contributed by atoms with Gasteiger partial charge in [-0.1, -0.05) is 42.1 Å². The number of thiophene rings is 1. The van der Waals surface area contributed by atoms with Crippen LogP contribution in [0.5, 0.6) is 0 Å². The number of hydrogen-bond acceptors (Lipinski definition) is 6. The molecule has 0 aliphatic carbocycles. The lowest BCUT2D eigenvalue weighted by molar-refractivity contribution is -0.128. The van der Waals surface area contributed by atoms with E-state index in [1.807, 2.05) is 48.7 Å². The molecule has 2 heterocycles. The van der Waals surface area contributed by atoms with Gasteiger partial charge in [-0.3, -0.25) is 4.79 Å². The van der Waals surface area contributed by atoms with Crippen LogP contribution in [0, 0.1) is 6.92 Å². The average Bonchev–Trinajstić information content (AvgIpc) is 3.31. The maximum Gasteiger partial charge on any atom is 0.233 e. The summed E-state index contributed by atoms with van der Waals surface area (Å²) in [6, 6.07) is 11.9. The molecular formula is C18H19N5OS2. The third-order valence-corrected chi connectivity index (χ3v) is 5.50. The van der Waals surface area contributed by atoms with Crippen molar-refractivity contribution in [2.75, 3.05) is 12.3 Å². The molecule has 0 aliphatic rings. The molecule has 2 aromatic heterocycles. The normalized spacial score (nSPS) is 10.7. The highest BCUT2D eigenvalue weighted by Crippen LogP contribution is 2.21. The number of benzene rings is 1. The number of aromatic nitrogens is 4. The molecule has 26 heavy (non-hydrogen) atoms. The summed E-state index contributed by atoms with van der Waals surface area (Å²) in [6.07, 6.45) is 1.74. The molecule has 0 saturated carbocycles. The van der Waals surface area contributed by atoms with E-state index in [2.05, 4.69) is 22.1 Å². The summed E-state index contributed by atoms with van der Waals surface area (Å²) < 4.78 is 1.67. The first-order valence-corrected chi connectivity index (χ1v) is 9.94. The first-order chi connectivity index (χ1) is 12.7. The summed E-state index contributed by atoms with van der Waals surface area (Å²) in [5, 5.41) is 14.5. The zero-order chi connectivity index (χ0) is 18.4. The second-order valence-corrected chi connectivity index (χ2v) is 7.57. The number of hydrogen-bond donors (Lipinski definition) is 0. The smallest absolute Gasteiger partial charge is 0.233 e. The summed E-state index contributed by atoms with van der Waals surface area (Å²) in [5.74, 6) is 0.300. The SMILES string of the molecule is C=CCN(Cc1cccs1)C(=O)CSc1nnnn1-c1ccccc1C. The fourth-order valence-electron chi connectivity index (χ4n) is 2.44. The molecule has 3 aromatic rings. The number of para-hydroxylation sites is 1. The van der Waals surface area contributed by atoms with Crippen LogP contribution in [-0.4, -0.2) is 43.3 Å². The summed E-state index contributed by atoms with van der Waals surface area (Å²) in [5.41, 5.74) is 1.98. The second kappa shape index (κ2) is 8.77. The Morgan fingerprint density at radius 1 is 1.35 bits per heavy atom. The van der Waals surface area contributed by atoms with Crippen molar-refractivity contribution in [1.29, 1.82) is 0 Å². The Balaban J connectivity index is 1.68. The van der Waals surface area contributed by atoms with Gasteiger partial charge in [0, 0.05) is 11.4 Å². The topological polar surface area (TPSA) is 63.9 Å². The molecule has 134 valence electrons. The van der Waals surface area contributed by atoms with E-state index in [-0.39, 0.29) is 11.7 Å². The Labute approximate surface area is 160 Å². The highest BCUT2D eigenvalue weighted by atomic mass is 32.2. The molecule has 0 fully saturated rings. The number of rotatable bonds is 8. The molecular weight excluding hydrogens is 366 g/mol. The lowest BCUT2D eigenvalue weighted by Crippen LogP contribution is -2.31. The summed E-state index contributed by atoms with van der Waals surface area (Å²) in [7, 11) is 0. The molecule has 0 atom stereocenters. The minimum atomic E-state index is 0.0302. The lowest BCUT2D eigenvalue weighted by atomic mass is 10.2. The van der Waals surface area contributed by atoms with E-state index in [1.54, 1.807) is 27.0 Å². The fourth-order valence-corrected chi connectivity index (χ4v) is 3.95. The Morgan fingerprint density at radius 2 is 2.19 bits per heavy atom. The van der Waals surface area contributed by atoms with Gasteiger partial charge >= 0.3 is 0 Å². The van der Waals surface area contributed by atoms with Gasteiger partial charge in [-0.25, -0.2) is 0 Å². The summed E-state index contributed by atoms with van der Waals surface area (Å²) in [4.78, 5) is 15.6. The van der Waals surface area contributed by atoms with Gasteiger partial charge in [-0.15, -0.1) is 23.0 Å². The molecule has 0 spiro atoms. The minimum absolute atomic E-state index is 0.0302. The maximum atomic E-state index is 12.7. The highest BCUT2D eigenvalue weighted by molar-refractivity contribution is 7.99. The van der Waals surface area contributed by atoms with E-state index in [1.165, 1.54) is 11.8 Å². The molecule has 0 aliphatic heterocycles. The number of nitrogens with zero attached hydrogens (tertiary/aromatic N) is 5. The van der Waals surface area contributed by atoms with Crippen molar-refractivity contribution < 1.29 is 4.79 Å². The van der Waals surface area contributed by atoms with Crippen LogP contribution in [0.2, 0.25) is 0 Å². The predicted octanol–water partition coefficient (Wildman–Crippen LogP) is 3.34. The van der Waals surface area contributed by atoms with E-state index in [4.69, 9.17) is 0 Å². The van der Waals surface area contributed by atoms with Crippen LogP contribution in [0.15, 0.2) is 59.6 Å². The number of aryl methyl sites for hydroxylation is 1. The number of carbonyl (C=O) groups is 1. The van der Waals surface area contributed by atoms with Crippen molar-refractivity contribution in [3.05, 3.63) is 64.9 Å². The maximum absolute atomic E-state index is 12.7. The van der Waals surface area contributed by atoms with Gasteiger partial charge in [0.2, 0.25) is 11.1 Å². The zero-order valence-corrected chi connectivity index (χ0v) is 16.0. The third-order valence-electron chi connectivity index (χ3n) is 3.74. The molecule has 3 rings (SSSR count). The Hall–Kier alpha value is -2.45. The van der Waals surface area contributed by atoms with E-state index in [9.17, 15) is 4.79 Å². The van der Waals surface area contributed by atoms with Crippen molar-refractivity contribution in [3.8, 4) is 5.69 Å². The molecule has 0 N–H and O–H groups in total. The van der Waals surface area contributed by atoms with Crippen molar-refractivity contribution >= 4 is 29.0 Å². The first-order valence-electron chi connectivity index (χ1n) is 8.07. The monoisotopic (exact) mass is 385 g/mol. The van der Waals surface area contributed by atoms with Crippen LogP contribution in [0.1, 0.15) is 10.4 Å². The number of thioether (sulfide) groups is 1. The summed E-state index contributed by atoms with van der Waals surface area (Å²) in [6.45, 7) is 6.86. The molecule has 1 aromatic carbocycles. The Morgan fingerprint density at radius 3 is 2.92 bits per heavy atom. The highest BCUT2D eigenvalue weighted by Gasteiger charge is 2.17. The minimum Gasteiger partial charge on any atom is -0.333 e.